The van der Waals surface area contributed by atoms with Crippen LogP contribution in [-0.4, -0.2) is 60.0 Å². The van der Waals surface area contributed by atoms with Gasteiger partial charge in [0.1, 0.15) is 17.1 Å². The van der Waals surface area contributed by atoms with Crippen LogP contribution in [0, 0.1) is 34.0 Å². The van der Waals surface area contributed by atoms with Gasteiger partial charge >= 0.3 is 17.9 Å². The largest absolute Gasteiger partial charge is 0.468 e. The summed E-state index contributed by atoms with van der Waals surface area (Å²) in [6.07, 6.45) is 1.00. The van der Waals surface area contributed by atoms with Gasteiger partial charge in [-0.2, -0.15) is 0 Å². The summed E-state index contributed by atoms with van der Waals surface area (Å²) < 4.78 is 29.3. The van der Waals surface area contributed by atoms with Crippen LogP contribution < -0.4 is 0 Å². The molecule has 9 heteroatoms. The Kier molecular flexibility index (Phi) is 4.21. The van der Waals surface area contributed by atoms with Gasteiger partial charge in [0.25, 0.3) is 0 Å². The molecule has 0 bridgehead atoms. The molecule has 4 fully saturated rings. The van der Waals surface area contributed by atoms with E-state index in [2.05, 4.69) is 0 Å². The third kappa shape index (κ3) is 2.21. The number of methoxy groups -OCH3 is 1. The quantitative estimate of drug-likeness (QED) is 0.437. The molecule has 0 amide bonds. The van der Waals surface area contributed by atoms with E-state index in [1.54, 1.807) is 13.8 Å². The second kappa shape index (κ2) is 6.36. The van der Waals surface area contributed by atoms with Gasteiger partial charge in [0.15, 0.2) is 0 Å². The first-order valence-electron chi connectivity index (χ1n) is 12.2. The van der Waals surface area contributed by atoms with Crippen LogP contribution >= 0.6 is 0 Å². The zero-order valence-corrected chi connectivity index (χ0v) is 21.0. The van der Waals surface area contributed by atoms with E-state index in [-0.39, 0.29) is 11.8 Å². The van der Waals surface area contributed by atoms with E-state index in [0.717, 1.165) is 11.1 Å². The third-order valence-electron chi connectivity index (χ3n) is 10.2. The van der Waals surface area contributed by atoms with Gasteiger partial charge in [-0.05, 0) is 63.2 Å². The van der Waals surface area contributed by atoms with Crippen molar-refractivity contribution in [2.24, 2.45) is 34.0 Å². The molecular formula is C26H32O9. The van der Waals surface area contributed by atoms with Gasteiger partial charge in [-0.1, -0.05) is 13.8 Å². The molecule has 1 N–H and O–H groups in total. The van der Waals surface area contributed by atoms with E-state index < -0.39 is 70.0 Å². The molecule has 6 rings (SSSR count). The van der Waals surface area contributed by atoms with E-state index in [0.29, 0.717) is 6.42 Å². The number of carbonyl (C=O) groups excluding carboxylic acids is 3. The zero-order chi connectivity index (χ0) is 25.5. The number of aliphatic hydroxyl groups is 1. The Hall–Kier alpha value is -2.23. The third-order valence-corrected chi connectivity index (χ3v) is 10.2. The highest BCUT2D eigenvalue weighted by Gasteiger charge is 2.90. The summed E-state index contributed by atoms with van der Waals surface area (Å²) >= 11 is 0. The van der Waals surface area contributed by atoms with E-state index in [1.807, 2.05) is 33.8 Å². The maximum absolute atomic E-state index is 14.1. The predicted molar refractivity (Wildman–Crippen MR) is 118 cm³/mol. The fraction of sp³-hybridized carbons (Fsp3) is 0.731. The Morgan fingerprint density at radius 3 is 2.51 bits per heavy atom. The van der Waals surface area contributed by atoms with Gasteiger partial charge in [-0.3, -0.25) is 9.59 Å². The van der Waals surface area contributed by atoms with Crippen molar-refractivity contribution in [1.82, 2.24) is 0 Å². The van der Waals surface area contributed by atoms with Crippen molar-refractivity contribution in [3.63, 3.8) is 0 Å². The van der Waals surface area contributed by atoms with Crippen LogP contribution in [0.15, 0.2) is 23.3 Å². The fourth-order valence-corrected chi connectivity index (χ4v) is 8.68. The molecule has 0 spiro atoms. The minimum Gasteiger partial charge on any atom is -0.468 e. The van der Waals surface area contributed by atoms with Crippen LogP contribution in [0.2, 0.25) is 0 Å². The Morgan fingerprint density at radius 2 is 1.86 bits per heavy atom. The maximum Gasteiger partial charge on any atom is 0.331 e. The second-order valence-corrected chi connectivity index (χ2v) is 12.0. The minimum atomic E-state index is -2.08. The first-order valence-corrected chi connectivity index (χ1v) is 12.2. The van der Waals surface area contributed by atoms with E-state index >= 15 is 0 Å². The molecule has 10 unspecified atom stereocenters. The lowest BCUT2D eigenvalue weighted by atomic mass is 9.38. The monoisotopic (exact) mass is 488 g/mol. The molecule has 4 heterocycles. The Morgan fingerprint density at radius 1 is 1.17 bits per heavy atom. The minimum absolute atomic E-state index is 0.265. The van der Waals surface area contributed by atoms with Crippen molar-refractivity contribution in [1.29, 1.82) is 0 Å². The smallest absolute Gasteiger partial charge is 0.331 e. The normalized spacial score (nSPS) is 52.8. The predicted octanol–water partition coefficient (Wildman–Crippen LogP) is 2.02. The molecule has 190 valence electrons. The highest BCUT2D eigenvalue weighted by Crippen LogP contribution is 2.79. The van der Waals surface area contributed by atoms with Crippen molar-refractivity contribution in [3.05, 3.63) is 23.3 Å². The number of rotatable bonds is 1. The molecular weight excluding hydrogens is 456 g/mol. The maximum atomic E-state index is 14.1. The topological polar surface area (TPSA) is 118 Å². The van der Waals surface area contributed by atoms with E-state index in [1.165, 1.54) is 13.2 Å². The average Bonchev–Trinajstić information content (AvgIpc) is 3.10. The molecule has 0 aromatic heterocycles. The summed E-state index contributed by atoms with van der Waals surface area (Å²) in [7, 11) is 1.28. The van der Waals surface area contributed by atoms with Crippen LogP contribution in [0.3, 0.4) is 0 Å². The number of hydrogen-bond donors (Lipinski definition) is 1. The number of carbonyl (C=O) groups is 3. The molecule has 9 nitrogen and oxygen atoms in total. The lowest BCUT2D eigenvalue weighted by molar-refractivity contribution is -0.376. The molecule has 3 saturated heterocycles. The number of fused-ring (bicyclic) bond motifs is 1. The van der Waals surface area contributed by atoms with E-state index in [4.69, 9.17) is 23.7 Å². The molecule has 6 aliphatic rings. The summed E-state index contributed by atoms with van der Waals surface area (Å²) in [6.45, 7) is 11.0. The SMILES string of the molecule is COC(=O)C12C3C4OC(=O)C3(C)CC3C(C)C5=CC(=O)OC(C)(C)C5=CC(OC1(O)C(C)O4)C32C. The van der Waals surface area contributed by atoms with Crippen LogP contribution in [0.5, 0.6) is 0 Å². The molecule has 2 aliphatic carbocycles. The lowest BCUT2D eigenvalue weighted by Gasteiger charge is -2.63. The van der Waals surface area contributed by atoms with Crippen molar-refractivity contribution < 1.29 is 43.2 Å². The Bertz CT molecular complexity index is 1140. The standard InChI is InChI=1S/C26H32O9/c1-11-13-8-17(27)35-22(3,4)14(13)9-16-24(6)15(11)10-23(5)18-19(33-20(23)28)32-12(2)26(30,34-16)25(18,24)21(29)31-7/h8-9,11-12,15-16,18-19,30H,10H2,1-7H3. The molecule has 0 radical (unpaired) electrons. The molecule has 10 atom stereocenters. The van der Waals surface area contributed by atoms with E-state index in [9.17, 15) is 19.5 Å². The summed E-state index contributed by atoms with van der Waals surface area (Å²) in [5.41, 5.74) is -3.20. The first kappa shape index (κ1) is 23.2. The number of hydrogen-bond acceptors (Lipinski definition) is 9. The van der Waals surface area contributed by atoms with Gasteiger partial charge in [0, 0.05) is 11.5 Å². The van der Waals surface area contributed by atoms with Gasteiger partial charge in [-0.25, -0.2) is 4.79 Å². The van der Waals surface area contributed by atoms with Crippen molar-refractivity contribution in [2.75, 3.05) is 7.11 Å². The highest BCUT2D eigenvalue weighted by molar-refractivity contribution is 5.89. The first-order chi connectivity index (χ1) is 16.2. The zero-order valence-electron chi connectivity index (χ0n) is 21.0. The van der Waals surface area contributed by atoms with Crippen molar-refractivity contribution in [3.8, 4) is 0 Å². The fourth-order valence-electron chi connectivity index (χ4n) is 8.68. The van der Waals surface area contributed by atoms with Gasteiger partial charge in [0.2, 0.25) is 12.1 Å². The van der Waals surface area contributed by atoms with Crippen LogP contribution in [0.1, 0.15) is 48.0 Å². The lowest BCUT2D eigenvalue weighted by Crippen LogP contribution is -2.76. The summed E-state index contributed by atoms with van der Waals surface area (Å²) in [5, 5.41) is 12.3. The molecule has 4 aliphatic heterocycles. The highest BCUT2D eigenvalue weighted by atomic mass is 16.7. The van der Waals surface area contributed by atoms with Gasteiger partial charge in [-0.15, -0.1) is 0 Å². The average molecular weight is 489 g/mol. The number of ether oxygens (including phenoxy) is 5. The number of cyclic esters (lactones) is 1. The van der Waals surface area contributed by atoms with Crippen LogP contribution in [-0.2, 0) is 38.1 Å². The van der Waals surface area contributed by atoms with Crippen molar-refractivity contribution in [2.45, 2.75) is 77.8 Å². The van der Waals surface area contributed by atoms with Gasteiger partial charge < -0.3 is 28.8 Å². The number of esters is 3. The Labute approximate surface area is 203 Å². The summed E-state index contributed by atoms with van der Waals surface area (Å²) in [6, 6.07) is 0. The molecule has 1 saturated carbocycles. The Balaban J connectivity index is 1.72. The van der Waals surface area contributed by atoms with Gasteiger partial charge in [0.05, 0.1) is 24.5 Å². The summed E-state index contributed by atoms with van der Waals surface area (Å²) in [4.78, 5) is 40.0. The molecule has 0 aromatic carbocycles. The van der Waals surface area contributed by atoms with Crippen LogP contribution in [0.4, 0.5) is 0 Å². The molecule has 0 aromatic rings. The van der Waals surface area contributed by atoms with Crippen LogP contribution in [0.25, 0.3) is 0 Å². The summed E-state index contributed by atoms with van der Waals surface area (Å²) in [5.74, 6) is -5.08. The second-order valence-electron chi connectivity index (χ2n) is 12.0. The van der Waals surface area contributed by atoms with Crippen molar-refractivity contribution >= 4 is 17.9 Å². The molecule has 35 heavy (non-hydrogen) atoms.